The van der Waals surface area contributed by atoms with E-state index in [1.165, 1.54) is 18.2 Å². The summed E-state index contributed by atoms with van der Waals surface area (Å²) in [5.41, 5.74) is 0.386. The van der Waals surface area contributed by atoms with Gasteiger partial charge in [0.1, 0.15) is 11.9 Å². The number of hydrogen-bond acceptors (Lipinski definition) is 3. The van der Waals surface area contributed by atoms with E-state index in [1.807, 2.05) is 0 Å². The Hall–Kier alpha value is -1.98. The number of aliphatic carboxylic acids is 1. The summed E-state index contributed by atoms with van der Waals surface area (Å²) in [4.78, 5) is 14.2. The SMILES string of the molecule is O=C(O)Cc1nc2cc(C(F)F)ccc2o1. The van der Waals surface area contributed by atoms with Crippen LogP contribution in [-0.2, 0) is 11.2 Å². The van der Waals surface area contributed by atoms with Crippen LogP contribution in [0.5, 0.6) is 0 Å². The lowest BCUT2D eigenvalue weighted by atomic mass is 10.2. The van der Waals surface area contributed by atoms with E-state index in [-0.39, 0.29) is 23.4 Å². The molecular weight excluding hydrogens is 220 g/mol. The summed E-state index contributed by atoms with van der Waals surface area (Å²) in [6.07, 6.45) is -2.94. The van der Waals surface area contributed by atoms with Crippen LogP contribution in [0.2, 0.25) is 0 Å². The second kappa shape index (κ2) is 3.88. The highest BCUT2D eigenvalue weighted by Crippen LogP contribution is 2.24. The van der Waals surface area contributed by atoms with E-state index >= 15 is 0 Å². The predicted molar refractivity (Wildman–Crippen MR) is 50.3 cm³/mol. The summed E-state index contributed by atoms with van der Waals surface area (Å²) in [6, 6.07) is 3.77. The minimum Gasteiger partial charge on any atom is -0.481 e. The van der Waals surface area contributed by atoms with Gasteiger partial charge in [-0.25, -0.2) is 13.8 Å². The van der Waals surface area contributed by atoms with Crippen molar-refractivity contribution in [2.75, 3.05) is 0 Å². The van der Waals surface area contributed by atoms with E-state index < -0.39 is 12.4 Å². The molecular formula is C10H7F2NO3. The van der Waals surface area contributed by atoms with Crippen molar-refractivity contribution in [3.8, 4) is 0 Å². The van der Waals surface area contributed by atoms with Crippen molar-refractivity contribution >= 4 is 17.1 Å². The van der Waals surface area contributed by atoms with Crippen LogP contribution in [0.4, 0.5) is 8.78 Å². The summed E-state index contributed by atoms with van der Waals surface area (Å²) in [5, 5.41) is 8.51. The fraction of sp³-hybridized carbons (Fsp3) is 0.200. The Bertz CT molecular complexity index is 536. The molecule has 4 nitrogen and oxygen atoms in total. The largest absolute Gasteiger partial charge is 0.481 e. The molecule has 0 fully saturated rings. The summed E-state index contributed by atoms with van der Waals surface area (Å²) < 4.78 is 29.8. The van der Waals surface area contributed by atoms with Gasteiger partial charge in [0.25, 0.3) is 6.43 Å². The van der Waals surface area contributed by atoms with Gasteiger partial charge >= 0.3 is 5.97 Å². The van der Waals surface area contributed by atoms with Gasteiger partial charge in [-0.3, -0.25) is 4.79 Å². The molecule has 0 spiro atoms. The van der Waals surface area contributed by atoms with Gasteiger partial charge in [0.05, 0.1) is 0 Å². The minimum absolute atomic E-state index is 0.00826. The molecule has 0 atom stereocenters. The predicted octanol–water partition coefficient (Wildman–Crippen LogP) is 2.39. The number of benzene rings is 1. The summed E-state index contributed by atoms with van der Waals surface area (Å²) in [5.74, 6) is -1.07. The number of carboxylic acids is 1. The molecule has 1 aromatic heterocycles. The van der Waals surface area contributed by atoms with E-state index in [2.05, 4.69) is 4.98 Å². The zero-order valence-electron chi connectivity index (χ0n) is 7.98. The standard InChI is InChI=1S/C10H7F2NO3/c11-10(12)5-1-2-7-6(3-5)13-8(16-7)4-9(14)15/h1-3,10H,4H2,(H,14,15). The molecule has 0 aliphatic heterocycles. The molecule has 0 radical (unpaired) electrons. The quantitative estimate of drug-likeness (QED) is 0.874. The van der Waals surface area contributed by atoms with E-state index in [1.54, 1.807) is 0 Å². The highest BCUT2D eigenvalue weighted by molar-refractivity contribution is 5.75. The Labute approximate surface area is 88.5 Å². The normalized spacial score (nSPS) is 11.2. The molecule has 84 valence electrons. The number of fused-ring (bicyclic) bond motifs is 1. The van der Waals surface area contributed by atoms with Gasteiger partial charge < -0.3 is 9.52 Å². The number of rotatable bonds is 3. The van der Waals surface area contributed by atoms with Gasteiger partial charge in [-0.2, -0.15) is 0 Å². The van der Waals surface area contributed by atoms with E-state index in [4.69, 9.17) is 9.52 Å². The monoisotopic (exact) mass is 227 g/mol. The Kier molecular flexibility index (Phi) is 2.55. The second-order valence-electron chi connectivity index (χ2n) is 3.21. The fourth-order valence-corrected chi connectivity index (χ4v) is 1.33. The second-order valence-corrected chi connectivity index (χ2v) is 3.21. The highest BCUT2D eigenvalue weighted by Gasteiger charge is 2.12. The topological polar surface area (TPSA) is 63.3 Å². The molecule has 1 heterocycles. The van der Waals surface area contributed by atoms with Crippen LogP contribution in [0.3, 0.4) is 0 Å². The van der Waals surface area contributed by atoms with Crippen LogP contribution < -0.4 is 0 Å². The molecule has 16 heavy (non-hydrogen) atoms. The maximum absolute atomic E-state index is 12.4. The van der Waals surface area contributed by atoms with Crippen molar-refractivity contribution in [3.05, 3.63) is 29.7 Å². The van der Waals surface area contributed by atoms with E-state index in [0.29, 0.717) is 5.58 Å². The van der Waals surface area contributed by atoms with Gasteiger partial charge in [-0.1, -0.05) is 0 Å². The van der Waals surface area contributed by atoms with Gasteiger partial charge in [0.15, 0.2) is 5.58 Å². The zero-order valence-corrected chi connectivity index (χ0v) is 7.98. The molecule has 0 aliphatic rings. The lowest BCUT2D eigenvalue weighted by Gasteiger charge is -1.96. The number of halogens is 2. The van der Waals surface area contributed by atoms with Crippen LogP contribution in [0.15, 0.2) is 22.6 Å². The number of carbonyl (C=O) groups is 1. The number of nitrogens with zero attached hydrogens (tertiary/aromatic N) is 1. The summed E-state index contributed by atoms with van der Waals surface area (Å²) >= 11 is 0. The summed E-state index contributed by atoms with van der Waals surface area (Å²) in [7, 11) is 0. The molecule has 1 aromatic carbocycles. The van der Waals surface area contributed by atoms with Crippen LogP contribution in [0.1, 0.15) is 17.9 Å². The van der Waals surface area contributed by atoms with Crippen LogP contribution in [0.25, 0.3) is 11.1 Å². The maximum atomic E-state index is 12.4. The molecule has 2 aromatic rings. The Morgan fingerprint density at radius 2 is 2.25 bits per heavy atom. The van der Waals surface area contributed by atoms with Crippen LogP contribution in [0, 0.1) is 0 Å². The maximum Gasteiger partial charge on any atom is 0.312 e. The Morgan fingerprint density at radius 3 is 2.88 bits per heavy atom. The smallest absolute Gasteiger partial charge is 0.312 e. The third-order valence-corrected chi connectivity index (χ3v) is 2.01. The summed E-state index contributed by atoms with van der Waals surface area (Å²) in [6.45, 7) is 0. The van der Waals surface area contributed by atoms with Gasteiger partial charge in [0, 0.05) is 5.56 Å². The molecule has 6 heteroatoms. The molecule has 0 aliphatic carbocycles. The van der Waals surface area contributed by atoms with E-state index in [9.17, 15) is 13.6 Å². The van der Waals surface area contributed by atoms with Crippen LogP contribution in [-0.4, -0.2) is 16.1 Å². The first kappa shape index (κ1) is 10.5. The lowest BCUT2D eigenvalue weighted by molar-refractivity contribution is -0.136. The molecule has 0 amide bonds. The van der Waals surface area contributed by atoms with Crippen molar-refractivity contribution in [2.45, 2.75) is 12.8 Å². The van der Waals surface area contributed by atoms with Crippen molar-refractivity contribution in [3.63, 3.8) is 0 Å². The van der Waals surface area contributed by atoms with Gasteiger partial charge in [0.2, 0.25) is 5.89 Å². The van der Waals surface area contributed by atoms with Crippen molar-refractivity contribution in [1.29, 1.82) is 0 Å². The van der Waals surface area contributed by atoms with Crippen molar-refractivity contribution < 1.29 is 23.1 Å². The van der Waals surface area contributed by atoms with Gasteiger partial charge in [-0.05, 0) is 18.2 Å². The average molecular weight is 227 g/mol. The molecule has 2 rings (SSSR count). The minimum atomic E-state index is -2.58. The van der Waals surface area contributed by atoms with E-state index in [0.717, 1.165) is 0 Å². The first-order valence-electron chi connectivity index (χ1n) is 4.45. The third kappa shape index (κ3) is 2.00. The zero-order chi connectivity index (χ0) is 11.7. The first-order chi connectivity index (χ1) is 7.56. The molecule has 0 bridgehead atoms. The Morgan fingerprint density at radius 1 is 1.50 bits per heavy atom. The van der Waals surface area contributed by atoms with Crippen molar-refractivity contribution in [1.82, 2.24) is 4.98 Å². The number of oxazole rings is 1. The number of alkyl halides is 2. The Balaban J connectivity index is 2.41. The van der Waals surface area contributed by atoms with Crippen molar-refractivity contribution in [2.24, 2.45) is 0 Å². The number of carboxylic acid groups (broad SMARTS) is 1. The first-order valence-corrected chi connectivity index (χ1v) is 4.45. The highest BCUT2D eigenvalue weighted by atomic mass is 19.3. The van der Waals surface area contributed by atoms with Gasteiger partial charge in [-0.15, -0.1) is 0 Å². The van der Waals surface area contributed by atoms with Crippen LogP contribution >= 0.6 is 0 Å². The number of aromatic nitrogens is 1. The average Bonchev–Trinajstić information content (AvgIpc) is 2.56. The lowest BCUT2D eigenvalue weighted by Crippen LogP contribution is -1.99. The molecule has 0 saturated carbocycles. The fourth-order valence-electron chi connectivity index (χ4n) is 1.33. The third-order valence-electron chi connectivity index (χ3n) is 2.01. The molecule has 0 saturated heterocycles. The number of hydrogen-bond donors (Lipinski definition) is 1. The molecule has 0 unspecified atom stereocenters. The molecule has 1 N–H and O–H groups in total.